The van der Waals surface area contributed by atoms with Crippen molar-refractivity contribution in [3.8, 4) is 23.0 Å². The molecule has 0 aliphatic carbocycles. The first kappa shape index (κ1) is 41.5. The number of hydrogen-bond donors (Lipinski definition) is 8. The SMILES string of the molecule is O=C(O)CN1C[C@H](Cc2ccc(O)cc2)NC[C@H](Cc2ccc(O)cc2)N(CC(=O)O)C[C@H](Cc2ccc(O)cc2)N(CC(=O)O)C[C@@H]1Cc1ccc(O)cc1. The smallest absolute Gasteiger partial charge is 0.317 e. The maximum absolute atomic E-state index is 12.7. The minimum atomic E-state index is -1.11. The summed E-state index contributed by atoms with van der Waals surface area (Å²) in [7, 11) is 0. The Kier molecular flexibility index (Phi) is 14.7. The second kappa shape index (κ2) is 19.8. The first-order chi connectivity index (χ1) is 26.8. The molecular weight excluding hydrogens is 720 g/mol. The third-order valence-electron chi connectivity index (χ3n) is 10.2. The number of benzene rings is 4. The van der Waals surface area contributed by atoms with Crippen LogP contribution in [0.5, 0.6) is 23.0 Å². The summed E-state index contributed by atoms with van der Waals surface area (Å²) >= 11 is 0. The molecule has 0 unspecified atom stereocenters. The van der Waals surface area contributed by atoms with E-state index in [2.05, 4.69) is 5.32 Å². The normalized spacial score (nSPS) is 20.4. The van der Waals surface area contributed by atoms with Gasteiger partial charge in [0.2, 0.25) is 0 Å². The van der Waals surface area contributed by atoms with E-state index >= 15 is 0 Å². The van der Waals surface area contributed by atoms with E-state index in [1.807, 2.05) is 9.80 Å². The van der Waals surface area contributed by atoms with Gasteiger partial charge in [0.15, 0.2) is 0 Å². The Morgan fingerprint density at radius 3 is 1.07 bits per heavy atom. The molecule has 14 nitrogen and oxygen atoms in total. The minimum absolute atomic E-state index is 0.0579. The number of hydrogen-bond acceptors (Lipinski definition) is 11. The summed E-state index contributed by atoms with van der Waals surface area (Å²) in [4.78, 5) is 43.3. The summed E-state index contributed by atoms with van der Waals surface area (Å²) in [5, 5.41) is 74.6. The van der Waals surface area contributed by atoms with Gasteiger partial charge in [-0.3, -0.25) is 29.1 Å². The maximum atomic E-state index is 12.7. The number of rotatable bonds is 14. The molecular formula is C42H50N4O10. The van der Waals surface area contributed by atoms with E-state index in [1.165, 1.54) is 12.1 Å². The second-order valence-corrected chi connectivity index (χ2v) is 14.5. The van der Waals surface area contributed by atoms with Crippen molar-refractivity contribution in [1.82, 2.24) is 20.0 Å². The summed E-state index contributed by atoms with van der Waals surface area (Å²) in [6.45, 7) is -0.439. The van der Waals surface area contributed by atoms with Crippen molar-refractivity contribution in [2.75, 3.05) is 45.8 Å². The zero-order valence-corrected chi connectivity index (χ0v) is 31.0. The topological polar surface area (TPSA) is 215 Å². The number of nitrogens with zero attached hydrogens (tertiary/aromatic N) is 3. The summed E-state index contributed by atoms with van der Waals surface area (Å²) in [6, 6.07) is 24.5. The summed E-state index contributed by atoms with van der Waals surface area (Å²) < 4.78 is 0. The van der Waals surface area contributed by atoms with Crippen LogP contribution in [0.1, 0.15) is 22.3 Å². The zero-order valence-electron chi connectivity index (χ0n) is 31.0. The molecule has 0 spiro atoms. The van der Waals surface area contributed by atoms with Crippen LogP contribution in [0.3, 0.4) is 0 Å². The lowest BCUT2D eigenvalue weighted by molar-refractivity contribution is -0.142. The van der Waals surface area contributed by atoms with Gasteiger partial charge in [0, 0.05) is 50.3 Å². The predicted octanol–water partition coefficient (Wildman–Crippen LogP) is 3.02. The van der Waals surface area contributed by atoms with Gasteiger partial charge in [0.1, 0.15) is 23.0 Å². The van der Waals surface area contributed by atoms with Crippen LogP contribution in [0.25, 0.3) is 0 Å². The minimum Gasteiger partial charge on any atom is -0.508 e. The molecule has 14 heteroatoms. The highest BCUT2D eigenvalue weighted by atomic mass is 16.4. The Balaban J connectivity index is 1.64. The quantitative estimate of drug-likeness (QED) is 0.0926. The standard InChI is InChI=1S/C42H50N4O10/c47-36-9-1-28(2-10-36)17-32-22-44(25-40(51)52)34(19-30-5-13-38(49)14-6-30)24-46(27-42(55)56)35(20-31-7-15-39(50)16-8-31)23-45(26-41(53)54)33(21-43-32)18-29-3-11-37(48)12-4-29/h1-16,32-35,43,47-50H,17-27H2,(H,51,52)(H,53,54)(H,55,56)/t32-,33-,34-,35-/m0/s1. The number of aromatic hydroxyl groups is 4. The van der Waals surface area contributed by atoms with E-state index in [-0.39, 0.29) is 74.7 Å². The first-order valence-corrected chi connectivity index (χ1v) is 18.5. The van der Waals surface area contributed by atoms with E-state index < -0.39 is 42.6 Å². The van der Waals surface area contributed by atoms with Gasteiger partial charge < -0.3 is 41.1 Å². The highest BCUT2D eigenvalue weighted by Gasteiger charge is 2.34. The monoisotopic (exact) mass is 770 g/mol. The lowest BCUT2D eigenvalue weighted by atomic mass is 9.96. The third-order valence-corrected chi connectivity index (χ3v) is 10.2. The lowest BCUT2D eigenvalue weighted by Crippen LogP contribution is -2.60. The fourth-order valence-electron chi connectivity index (χ4n) is 7.46. The Hall–Kier alpha value is -5.67. The van der Waals surface area contributed by atoms with Crippen molar-refractivity contribution in [3.05, 3.63) is 119 Å². The molecule has 0 radical (unpaired) electrons. The number of carboxylic acid groups (broad SMARTS) is 3. The lowest BCUT2D eigenvalue weighted by Gasteiger charge is -2.43. The average Bonchev–Trinajstić information content (AvgIpc) is 3.14. The molecule has 0 saturated carbocycles. The average molecular weight is 771 g/mol. The van der Waals surface area contributed by atoms with Gasteiger partial charge >= 0.3 is 17.9 Å². The first-order valence-electron chi connectivity index (χ1n) is 18.5. The van der Waals surface area contributed by atoms with Crippen LogP contribution >= 0.6 is 0 Å². The van der Waals surface area contributed by atoms with E-state index in [0.29, 0.717) is 19.3 Å². The number of carbonyl (C=O) groups is 3. The van der Waals surface area contributed by atoms with E-state index in [9.17, 15) is 50.1 Å². The molecule has 4 atom stereocenters. The molecule has 298 valence electrons. The Bertz CT molecular complexity index is 1860. The van der Waals surface area contributed by atoms with Crippen LogP contribution in [-0.4, -0.2) is 138 Å². The van der Waals surface area contributed by atoms with Gasteiger partial charge in [-0.15, -0.1) is 0 Å². The van der Waals surface area contributed by atoms with Crippen molar-refractivity contribution >= 4 is 17.9 Å². The molecule has 56 heavy (non-hydrogen) atoms. The van der Waals surface area contributed by atoms with Crippen LogP contribution in [0.15, 0.2) is 97.1 Å². The number of phenols is 4. The fourth-order valence-corrected chi connectivity index (χ4v) is 7.46. The molecule has 1 aliphatic heterocycles. The van der Waals surface area contributed by atoms with Gasteiger partial charge in [0.05, 0.1) is 19.6 Å². The van der Waals surface area contributed by atoms with E-state index in [1.54, 1.807) is 89.8 Å². The van der Waals surface area contributed by atoms with Gasteiger partial charge in [-0.2, -0.15) is 0 Å². The highest BCUT2D eigenvalue weighted by molar-refractivity contribution is 5.70. The van der Waals surface area contributed by atoms with Crippen LogP contribution in [0, 0.1) is 0 Å². The van der Waals surface area contributed by atoms with Gasteiger partial charge in [0.25, 0.3) is 0 Å². The third kappa shape index (κ3) is 13.0. The van der Waals surface area contributed by atoms with Crippen molar-refractivity contribution < 1.29 is 50.1 Å². The molecule has 0 amide bonds. The molecule has 0 aromatic heterocycles. The predicted molar refractivity (Wildman–Crippen MR) is 208 cm³/mol. The summed E-state index contributed by atoms with van der Waals surface area (Å²) in [5.41, 5.74) is 3.29. The largest absolute Gasteiger partial charge is 0.508 e. The van der Waals surface area contributed by atoms with Crippen LogP contribution < -0.4 is 5.32 Å². The number of aliphatic carboxylic acids is 3. The molecule has 1 fully saturated rings. The zero-order chi connectivity index (χ0) is 40.2. The molecule has 0 bridgehead atoms. The van der Waals surface area contributed by atoms with Crippen molar-refractivity contribution in [3.63, 3.8) is 0 Å². The Morgan fingerprint density at radius 2 is 0.732 bits per heavy atom. The maximum Gasteiger partial charge on any atom is 0.317 e. The second-order valence-electron chi connectivity index (χ2n) is 14.5. The molecule has 1 saturated heterocycles. The van der Waals surface area contributed by atoms with E-state index in [4.69, 9.17) is 0 Å². The van der Waals surface area contributed by atoms with Gasteiger partial charge in [-0.1, -0.05) is 48.5 Å². The van der Waals surface area contributed by atoms with Crippen LogP contribution in [-0.2, 0) is 40.1 Å². The van der Waals surface area contributed by atoms with E-state index in [0.717, 1.165) is 22.3 Å². The molecule has 5 rings (SSSR count). The highest BCUT2D eigenvalue weighted by Crippen LogP contribution is 2.23. The van der Waals surface area contributed by atoms with Crippen molar-refractivity contribution in [1.29, 1.82) is 0 Å². The molecule has 4 aromatic rings. The molecule has 1 aliphatic rings. The number of phenolic OH excluding ortho intramolecular Hbond substituents is 4. The van der Waals surface area contributed by atoms with Crippen molar-refractivity contribution in [2.45, 2.75) is 49.9 Å². The Labute approximate surface area is 325 Å². The summed E-state index contributed by atoms with van der Waals surface area (Å²) in [6.07, 6.45) is 1.40. The number of nitrogens with one attached hydrogen (secondary N) is 1. The Morgan fingerprint density at radius 1 is 0.446 bits per heavy atom. The summed E-state index contributed by atoms with van der Waals surface area (Å²) in [5.74, 6) is -2.95. The van der Waals surface area contributed by atoms with Gasteiger partial charge in [-0.05, 0) is 96.5 Å². The van der Waals surface area contributed by atoms with Crippen LogP contribution in [0.2, 0.25) is 0 Å². The fraction of sp³-hybridized carbons (Fsp3) is 0.357. The molecule has 8 N–H and O–H groups in total. The number of carboxylic acids is 3. The molecule has 4 aromatic carbocycles. The van der Waals surface area contributed by atoms with Crippen molar-refractivity contribution in [2.24, 2.45) is 0 Å². The van der Waals surface area contributed by atoms with Gasteiger partial charge in [-0.25, -0.2) is 0 Å². The molecule has 1 heterocycles. The van der Waals surface area contributed by atoms with Crippen LogP contribution in [0.4, 0.5) is 0 Å².